The number of primary amides is 1. The summed E-state index contributed by atoms with van der Waals surface area (Å²) in [6, 6.07) is 7.54. The molecule has 0 saturated carbocycles. The minimum Gasteiger partial charge on any atom is -0.350 e. The number of rotatable bonds is 4. The zero-order valence-corrected chi connectivity index (χ0v) is 10.5. The fourth-order valence-electron chi connectivity index (χ4n) is 1.53. The van der Waals surface area contributed by atoms with Crippen LogP contribution in [-0.2, 0) is 0 Å². The molecule has 0 saturated heterocycles. The number of urea groups is 1. The third-order valence-corrected chi connectivity index (χ3v) is 2.55. The first-order chi connectivity index (χ1) is 8.04. The molecule has 0 spiro atoms. The minimum atomic E-state index is -0.644. The predicted molar refractivity (Wildman–Crippen MR) is 70.1 cm³/mol. The maximum atomic E-state index is 10.6. The van der Waals surface area contributed by atoms with Gasteiger partial charge in [0.05, 0.1) is 5.71 Å². The van der Waals surface area contributed by atoms with Crippen molar-refractivity contribution >= 4 is 11.7 Å². The summed E-state index contributed by atoms with van der Waals surface area (Å²) in [5, 5.41) is 3.98. The van der Waals surface area contributed by atoms with Gasteiger partial charge in [-0.2, -0.15) is 5.10 Å². The zero-order chi connectivity index (χ0) is 12.8. The highest BCUT2D eigenvalue weighted by Gasteiger charge is 2.03. The fraction of sp³-hybridized carbons (Fsp3) is 0.385. The molecular formula is C13H19N3O. The van der Waals surface area contributed by atoms with Crippen molar-refractivity contribution in [3.05, 3.63) is 35.4 Å². The molecule has 17 heavy (non-hydrogen) atoms. The summed E-state index contributed by atoms with van der Waals surface area (Å²) in [5.74, 6) is 0.509. The molecule has 1 aromatic rings. The van der Waals surface area contributed by atoms with Crippen LogP contribution in [0, 0.1) is 0 Å². The lowest BCUT2D eigenvalue weighted by Gasteiger charge is -2.08. The summed E-state index contributed by atoms with van der Waals surface area (Å²) >= 11 is 0. The van der Waals surface area contributed by atoms with Crippen LogP contribution in [0.2, 0.25) is 0 Å². The molecule has 0 aliphatic carbocycles. The van der Waals surface area contributed by atoms with Gasteiger partial charge in [-0.1, -0.05) is 45.0 Å². The van der Waals surface area contributed by atoms with E-state index in [0.29, 0.717) is 5.92 Å². The van der Waals surface area contributed by atoms with E-state index >= 15 is 0 Å². The molecule has 3 N–H and O–H groups in total. The van der Waals surface area contributed by atoms with E-state index in [4.69, 9.17) is 5.73 Å². The van der Waals surface area contributed by atoms with Crippen LogP contribution in [0.5, 0.6) is 0 Å². The maximum absolute atomic E-state index is 10.6. The van der Waals surface area contributed by atoms with E-state index in [1.54, 1.807) is 0 Å². The molecular weight excluding hydrogens is 214 g/mol. The van der Waals surface area contributed by atoms with Gasteiger partial charge in [-0.25, -0.2) is 10.2 Å². The third kappa shape index (κ3) is 3.90. The normalized spacial score (nSPS) is 11.6. The standard InChI is InChI=1S/C13H19N3O/c1-4-12(15-16-13(14)17)11-7-5-10(6-8-11)9(2)3/h5-9H,4H2,1-3H3,(H3,14,16,17)/b15-12+. The van der Waals surface area contributed by atoms with Gasteiger partial charge in [0.25, 0.3) is 0 Å². The molecule has 0 aliphatic heterocycles. The first kappa shape index (κ1) is 13.2. The van der Waals surface area contributed by atoms with Crippen molar-refractivity contribution in [2.75, 3.05) is 0 Å². The molecule has 0 heterocycles. The Morgan fingerprint density at radius 1 is 1.35 bits per heavy atom. The SMILES string of the molecule is CC/C(=N\NC(N)=O)c1ccc(C(C)C)cc1. The van der Waals surface area contributed by atoms with Gasteiger partial charge in [-0.05, 0) is 23.5 Å². The van der Waals surface area contributed by atoms with Crippen molar-refractivity contribution in [1.29, 1.82) is 0 Å². The summed E-state index contributed by atoms with van der Waals surface area (Å²) in [6.45, 7) is 6.29. The summed E-state index contributed by atoms with van der Waals surface area (Å²) in [6.07, 6.45) is 0.737. The summed E-state index contributed by atoms with van der Waals surface area (Å²) in [5.41, 5.74) is 10.3. The molecule has 0 aromatic heterocycles. The first-order valence-corrected chi connectivity index (χ1v) is 5.77. The van der Waals surface area contributed by atoms with E-state index in [-0.39, 0.29) is 0 Å². The van der Waals surface area contributed by atoms with Crippen LogP contribution in [0.25, 0.3) is 0 Å². The lowest BCUT2D eigenvalue weighted by molar-refractivity contribution is 0.249. The van der Waals surface area contributed by atoms with Crippen molar-refractivity contribution in [3.8, 4) is 0 Å². The maximum Gasteiger partial charge on any atom is 0.332 e. The van der Waals surface area contributed by atoms with Gasteiger partial charge >= 0.3 is 6.03 Å². The summed E-state index contributed by atoms with van der Waals surface area (Å²) < 4.78 is 0. The molecule has 4 nitrogen and oxygen atoms in total. The van der Waals surface area contributed by atoms with Gasteiger partial charge in [0.15, 0.2) is 0 Å². The molecule has 0 atom stereocenters. The third-order valence-electron chi connectivity index (χ3n) is 2.55. The number of hydrogen-bond acceptors (Lipinski definition) is 2. The van der Waals surface area contributed by atoms with Crippen molar-refractivity contribution < 1.29 is 4.79 Å². The number of nitrogens with two attached hydrogens (primary N) is 1. The Hall–Kier alpha value is -1.84. The number of hydrazone groups is 1. The van der Waals surface area contributed by atoms with E-state index < -0.39 is 6.03 Å². The molecule has 0 bridgehead atoms. The second-order valence-corrected chi connectivity index (χ2v) is 4.16. The molecule has 92 valence electrons. The zero-order valence-electron chi connectivity index (χ0n) is 10.5. The molecule has 2 amide bonds. The Kier molecular flexibility index (Phi) is 4.69. The largest absolute Gasteiger partial charge is 0.350 e. The second-order valence-electron chi connectivity index (χ2n) is 4.16. The Morgan fingerprint density at radius 3 is 2.35 bits per heavy atom. The average molecular weight is 233 g/mol. The van der Waals surface area contributed by atoms with E-state index in [0.717, 1.165) is 17.7 Å². The average Bonchev–Trinajstić information content (AvgIpc) is 2.30. The number of nitrogens with zero attached hydrogens (tertiary/aromatic N) is 1. The number of carbonyl (C=O) groups is 1. The topological polar surface area (TPSA) is 67.5 Å². The lowest BCUT2D eigenvalue weighted by Crippen LogP contribution is -2.25. The van der Waals surface area contributed by atoms with Gasteiger partial charge in [-0.3, -0.25) is 0 Å². The molecule has 1 rings (SSSR count). The first-order valence-electron chi connectivity index (χ1n) is 5.77. The molecule has 1 aromatic carbocycles. The van der Waals surface area contributed by atoms with Crippen LogP contribution in [0.1, 0.15) is 44.2 Å². The number of benzene rings is 1. The quantitative estimate of drug-likeness (QED) is 0.609. The number of amides is 2. The van der Waals surface area contributed by atoms with Crippen LogP contribution < -0.4 is 11.2 Å². The highest BCUT2D eigenvalue weighted by atomic mass is 16.2. The highest BCUT2D eigenvalue weighted by Crippen LogP contribution is 2.15. The van der Waals surface area contributed by atoms with Crippen LogP contribution >= 0.6 is 0 Å². The van der Waals surface area contributed by atoms with Crippen LogP contribution in [-0.4, -0.2) is 11.7 Å². The molecule has 0 aliphatic rings. The Morgan fingerprint density at radius 2 is 1.94 bits per heavy atom. The van der Waals surface area contributed by atoms with Crippen molar-refractivity contribution in [1.82, 2.24) is 5.43 Å². The predicted octanol–water partition coefficient (Wildman–Crippen LogP) is 2.59. The fourth-order valence-corrected chi connectivity index (χ4v) is 1.53. The van der Waals surface area contributed by atoms with Gasteiger partial charge in [0.2, 0.25) is 0 Å². The van der Waals surface area contributed by atoms with Crippen molar-refractivity contribution in [3.63, 3.8) is 0 Å². The van der Waals surface area contributed by atoms with Crippen molar-refractivity contribution in [2.24, 2.45) is 10.8 Å². The highest BCUT2D eigenvalue weighted by molar-refractivity contribution is 6.00. The number of nitrogens with one attached hydrogen (secondary N) is 1. The molecule has 0 radical (unpaired) electrons. The van der Waals surface area contributed by atoms with E-state index in [2.05, 4.69) is 36.5 Å². The van der Waals surface area contributed by atoms with Crippen molar-refractivity contribution in [2.45, 2.75) is 33.1 Å². The molecule has 0 fully saturated rings. The monoisotopic (exact) mass is 233 g/mol. The van der Waals surface area contributed by atoms with E-state index in [9.17, 15) is 4.79 Å². The van der Waals surface area contributed by atoms with Crippen LogP contribution in [0.4, 0.5) is 4.79 Å². The van der Waals surface area contributed by atoms with Crippen LogP contribution in [0.3, 0.4) is 0 Å². The molecule has 4 heteroatoms. The van der Waals surface area contributed by atoms with Gasteiger partial charge in [-0.15, -0.1) is 0 Å². The Labute approximate surface area is 102 Å². The number of hydrogen-bond donors (Lipinski definition) is 2. The minimum absolute atomic E-state index is 0.509. The van der Waals surface area contributed by atoms with E-state index in [1.165, 1.54) is 5.56 Å². The van der Waals surface area contributed by atoms with Gasteiger partial charge < -0.3 is 5.73 Å². The van der Waals surface area contributed by atoms with Gasteiger partial charge in [0, 0.05) is 0 Å². The second kappa shape index (κ2) is 6.03. The summed E-state index contributed by atoms with van der Waals surface area (Å²) in [7, 11) is 0. The summed E-state index contributed by atoms with van der Waals surface area (Å²) in [4.78, 5) is 10.6. The molecule has 0 unspecified atom stereocenters. The van der Waals surface area contributed by atoms with E-state index in [1.807, 2.05) is 19.1 Å². The Bertz CT molecular complexity index is 407. The van der Waals surface area contributed by atoms with Crippen LogP contribution in [0.15, 0.2) is 29.4 Å². The van der Waals surface area contributed by atoms with Gasteiger partial charge in [0.1, 0.15) is 0 Å². The number of carbonyl (C=O) groups excluding carboxylic acids is 1. The lowest BCUT2D eigenvalue weighted by atomic mass is 10.00. The Balaban J connectivity index is 2.89. The smallest absolute Gasteiger partial charge is 0.332 e.